The topological polar surface area (TPSA) is 83.8 Å². The van der Waals surface area contributed by atoms with Gasteiger partial charge in [-0.05, 0) is 62.0 Å². The third-order valence-electron chi connectivity index (χ3n) is 5.45. The van der Waals surface area contributed by atoms with Crippen LogP contribution in [0.15, 0.2) is 34.9 Å². The van der Waals surface area contributed by atoms with Gasteiger partial charge < -0.3 is 14.9 Å². The fraction of sp³-hybridized carbons (Fsp3) is 0.600. The molecule has 0 fully saturated rings. The van der Waals surface area contributed by atoms with Crippen LogP contribution in [-0.2, 0) is 14.3 Å². The van der Waals surface area contributed by atoms with Crippen LogP contribution < -0.4 is 0 Å². The van der Waals surface area contributed by atoms with Crippen molar-refractivity contribution < 1.29 is 24.5 Å². The van der Waals surface area contributed by atoms with Gasteiger partial charge >= 0.3 is 5.97 Å². The summed E-state index contributed by atoms with van der Waals surface area (Å²) in [5, 5.41) is 19.8. The summed E-state index contributed by atoms with van der Waals surface area (Å²) in [6.45, 7) is 9.74. The number of ether oxygens (including phenoxy) is 1. The first-order valence-electron chi connectivity index (χ1n) is 8.77. The zero-order valence-corrected chi connectivity index (χ0v) is 15.2. The molecular formula is C20H28O5. The van der Waals surface area contributed by atoms with Crippen molar-refractivity contribution >= 4 is 12.3 Å². The van der Waals surface area contributed by atoms with Gasteiger partial charge in [0, 0.05) is 11.1 Å². The molecule has 1 heterocycles. The Kier molecular flexibility index (Phi) is 6.01. The van der Waals surface area contributed by atoms with Gasteiger partial charge in [-0.25, -0.2) is 4.79 Å². The minimum atomic E-state index is -1.08. The van der Waals surface area contributed by atoms with Crippen LogP contribution in [0.2, 0.25) is 0 Å². The van der Waals surface area contributed by atoms with E-state index in [2.05, 4.69) is 6.58 Å². The third-order valence-corrected chi connectivity index (χ3v) is 5.45. The molecule has 5 heteroatoms. The summed E-state index contributed by atoms with van der Waals surface area (Å²) in [6, 6.07) is 0. The van der Waals surface area contributed by atoms with Gasteiger partial charge in [0.25, 0.3) is 0 Å². The molecule has 138 valence electrons. The number of aldehydes is 1. The number of aliphatic hydroxyl groups is 2. The van der Waals surface area contributed by atoms with E-state index in [1.165, 1.54) is 6.08 Å². The average Bonchev–Trinajstić information content (AvgIpc) is 2.81. The number of esters is 1. The maximum absolute atomic E-state index is 12.1. The Bertz CT molecular complexity index is 626. The summed E-state index contributed by atoms with van der Waals surface area (Å²) in [6.07, 6.45) is 4.06. The molecule has 1 unspecified atom stereocenters. The minimum absolute atomic E-state index is 0.283. The highest BCUT2D eigenvalue weighted by atomic mass is 16.6. The molecule has 1 aliphatic heterocycles. The van der Waals surface area contributed by atoms with Crippen LogP contribution in [0.25, 0.3) is 0 Å². The largest absolute Gasteiger partial charge is 0.428 e. The lowest BCUT2D eigenvalue weighted by Crippen LogP contribution is -2.33. The number of hydrogen-bond acceptors (Lipinski definition) is 5. The predicted octanol–water partition coefficient (Wildman–Crippen LogP) is 2.83. The highest BCUT2D eigenvalue weighted by Gasteiger charge is 2.47. The van der Waals surface area contributed by atoms with Crippen LogP contribution in [0.1, 0.15) is 52.9 Å². The number of rotatable bonds is 7. The molecule has 2 rings (SSSR count). The lowest BCUT2D eigenvalue weighted by molar-refractivity contribution is -0.152. The maximum atomic E-state index is 12.1. The average molecular weight is 348 g/mol. The van der Waals surface area contributed by atoms with E-state index >= 15 is 0 Å². The summed E-state index contributed by atoms with van der Waals surface area (Å²) in [7, 11) is 0. The number of hydrogen-bond donors (Lipinski definition) is 2. The number of cyclic esters (lactones) is 1. The van der Waals surface area contributed by atoms with Gasteiger partial charge in [0.05, 0.1) is 6.10 Å². The van der Waals surface area contributed by atoms with E-state index in [4.69, 9.17) is 4.74 Å². The smallest absolute Gasteiger partial charge is 0.337 e. The van der Waals surface area contributed by atoms with Crippen LogP contribution in [0.5, 0.6) is 0 Å². The van der Waals surface area contributed by atoms with E-state index in [-0.39, 0.29) is 11.3 Å². The van der Waals surface area contributed by atoms with Crippen molar-refractivity contribution in [1.29, 1.82) is 0 Å². The van der Waals surface area contributed by atoms with E-state index < -0.39 is 18.4 Å². The molecule has 0 aromatic rings. The Labute approximate surface area is 149 Å². The van der Waals surface area contributed by atoms with E-state index in [0.717, 1.165) is 36.7 Å². The Hall–Kier alpha value is -1.72. The molecule has 2 N–H and O–H groups in total. The van der Waals surface area contributed by atoms with Crippen molar-refractivity contribution in [2.24, 2.45) is 11.3 Å². The Morgan fingerprint density at radius 1 is 1.48 bits per heavy atom. The fourth-order valence-corrected chi connectivity index (χ4v) is 3.99. The van der Waals surface area contributed by atoms with Crippen LogP contribution >= 0.6 is 0 Å². The summed E-state index contributed by atoms with van der Waals surface area (Å²) in [5.74, 6) is -0.119. The van der Waals surface area contributed by atoms with Crippen molar-refractivity contribution in [2.75, 3.05) is 0 Å². The second-order valence-electron chi connectivity index (χ2n) is 7.70. The zero-order valence-electron chi connectivity index (χ0n) is 15.2. The van der Waals surface area contributed by atoms with Gasteiger partial charge in [0.1, 0.15) is 6.29 Å². The molecule has 0 aromatic carbocycles. The van der Waals surface area contributed by atoms with Crippen LogP contribution in [0.3, 0.4) is 0 Å². The van der Waals surface area contributed by atoms with Crippen molar-refractivity contribution in [3.63, 3.8) is 0 Å². The molecule has 0 radical (unpaired) electrons. The second kappa shape index (κ2) is 7.67. The van der Waals surface area contributed by atoms with Gasteiger partial charge in [-0.2, -0.15) is 0 Å². The van der Waals surface area contributed by atoms with Crippen molar-refractivity contribution in [3.8, 4) is 0 Å². The van der Waals surface area contributed by atoms with Gasteiger partial charge in [-0.3, -0.25) is 4.79 Å². The fourth-order valence-electron chi connectivity index (χ4n) is 3.99. The normalized spacial score (nSPS) is 26.9. The lowest BCUT2D eigenvalue weighted by Gasteiger charge is -2.39. The summed E-state index contributed by atoms with van der Waals surface area (Å²) in [5.41, 5.74) is 2.44. The van der Waals surface area contributed by atoms with Crippen LogP contribution in [0, 0.1) is 11.3 Å². The number of aliphatic hydroxyl groups excluding tert-OH is 2. The number of allylic oxidation sites excluding steroid dienone is 1. The summed E-state index contributed by atoms with van der Waals surface area (Å²) >= 11 is 0. The van der Waals surface area contributed by atoms with E-state index in [1.54, 1.807) is 6.92 Å². The molecule has 25 heavy (non-hydrogen) atoms. The molecule has 0 amide bonds. The van der Waals surface area contributed by atoms with E-state index in [0.29, 0.717) is 24.0 Å². The van der Waals surface area contributed by atoms with Crippen LogP contribution in [0.4, 0.5) is 0 Å². The Morgan fingerprint density at radius 3 is 2.80 bits per heavy atom. The molecule has 1 aliphatic carbocycles. The summed E-state index contributed by atoms with van der Waals surface area (Å²) < 4.78 is 4.97. The highest BCUT2D eigenvalue weighted by Crippen LogP contribution is 2.50. The highest BCUT2D eigenvalue weighted by molar-refractivity contribution is 5.93. The molecule has 3 atom stereocenters. The number of carbonyl (C=O) groups is 2. The van der Waals surface area contributed by atoms with Crippen molar-refractivity contribution in [2.45, 2.75) is 65.3 Å². The molecule has 5 nitrogen and oxygen atoms in total. The van der Waals surface area contributed by atoms with Gasteiger partial charge in [-0.15, -0.1) is 0 Å². The predicted molar refractivity (Wildman–Crippen MR) is 94.4 cm³/mol. The van der Waals surface area contributed by atoms with Crippen molar-refractivity contribution in [3.05, 3.63) is 34.9 Å². The quantitative estimate of drug-likeness (QED) is 0.320. The molecule has 0 saturated carbocycles. The molecular weight excluding hydrogens is 320 g/mol. The van der Waals surface area contributed by atoms with Crippen molar-refractivity contribution in [1.82, 2.24) is 0 Å². The molecule has 0 saturated heterocycles. The maximum Gasteiger partial charge on any atom is 0.337 e. The van der Waals surface area contributed by atoms with Gasteiger partial charge in [-0.1, -0.05) is 26.0 Å². The number of carbonyl (C=O) groups excluding carboxylic acids is 2. The van der Waals surface area contributed by atoms with Crippen LogP contribution in [-0.4, -0.2) is 34.9 Å². The summed E-state index contributed by atoms with van der Waals surface area (Å²) in [4.78, 5) is 22.7. The molecule has 0 spiro atoms. The molecule has 0 aromatic heterocycles. The van der Waals surface area contributed by atoms with Gasteiger partial charge in [0.2, 0.25) is 6.29 Å². The third kappa shape index (κ3) is 4.28. The van der Waals surface area contributed by atoms with E-state index in [1.807, 2.05) is 13.8 Å². The first-order chi connectivity index (χ1) is 11.7. The molecule has 2 aliphatic rings. The second-order valence-corrected chi connectivity index (χ2v) is 7.70. The first kappa shape index (κ1) is 19.6. The lowest BCUT2D eigenvalue weighted by atomic mass is 9.64. The monoisotopic (exact) mass is 348 g/mol. The minimum Gasteiger partial charge on any atom is -0.428 e. The first-order valence-corrected chi connectivity index (χ1v) is 8.77. The zero-order chi connectivity index (χ0) is 18.8. The standard InChI is InChI=1S/C20H28O5/c1-12(9-15(22)10-13(2)11-21)5-6-14-7-8-16-17(20(14,3)4)19(24)25-18(16)23/h10-11,14-15,18,22-23H,1,5-9H2,2-4H3/b13-10+/t14-,15+,18?/m1/s1. The Morgan fingerprint density at radius 2 is 2.16 bits per heavy atom. The van der Waals surface area contributed by atoms with E-state index in [9.17, 15) is 19.8 Å². The SMILES string of the molecule is C=C(CC[C@@H]1CCC2=C(C(=O)OC2O)C1(C)C)C[C@H](O)/C=C(\C)C=O. The van der Waals surface area contributed by atoms with Gasteiger partial charge in [0.15, 0.2) is 0 Å². The Balaban J connectivity index is 1.96. The molecule has 0 bridgehead atoms.